The van der Waals surface area contributed by atoms with Gasteiger partial charge in [0, 0.05) is 30.6 Å². The first-order chi connectivity index (χ1) is 12.6. The number of rotatable bonds is 5. The minimum absolute atomic E-state index is 0.0519. The molecule has 0 radical (unpaired) electrons. The maximum absolute atomic E-state index is 12.7. The van der Waals surface area contributed by atoms with Crippen molar-refractivity contribution in [3.8, 4) is 17.0 Å². The number of benzene rings is 1. The summed E-state index contributed by atoms with van der Waals surface area (Å²) in [4.78, 5) is 26.3. The Balaban J connectivity index is 1.39. The van der Waals surface area contributed by atoms with Gasteiger partial charge >= 0.3 is 0 Å². The first kappa shape index (κ1) is 16.6. The predicted molar refractivity (Wildman–Crippen MR) is 95.8 cm³/mol. The number of likely N-dealkylation sites (tertiary alicyclic amines) is 1. The van der Waals surface area contributed by atoms with Crippen molar-refractivity contribution in [1.82, 2.24) is 20.4 Å². The molecule has 2 aromatic rings. The third-order valence-electron chi connectivity index (χ3n) is 4.96. The van der Waals surface area contributed by atoms with Crippen molar-refractivity contribution >= 4 is 11.8 Å². The van der Waals surface area contributed by atoms with E-state index in [0.29, 0.717) is 24.5 Å². The molecule has 7 heteroatoms. The Kier molecular flexibility index (Phi) is 4.36. The number of carbonyl (C=O) groups is 2. The molecule has 2 aliphatic rings. The number of hydrogen-bond donors (Lipinski definition) is 2. The number of ether oxygens (including phenoxy) is 1. The van der Waals surface area contributed by atoms with Crippen LogP contribution in [0.25, 0.3) is 11.3 Å². The van der Waals surface area contributed by atoms with Gasteiger partial charge in [-0.3, -0.25) is 14.7 Å². The second-order valence-electron chi connectivity index (χ2n) is 6.91. The van der Waals surface area contributed by atoms with Crippen LogP contribution >= 0.6 is 0 Å². The topological polar surface area (TPSA) is 87.3 Å². The fourth-order valence-corrected chi connectivity index (χ4v) is 3.24. The second kappa shape index (κ2) is 6.82. The molecule has 0 spiro atoms. The van der Waals surface area contributed by atoms with Crippen molar-refractivity contribution in [3.63, 3.8) is 0 Å². The van der Waals surface area contributed by atoms with Gasteiger partial charge < -0.3 is 15.0 Å². The molecule has 1 aliphatic heterocycles. The Bertz CT molecular complexity index is 810. The lowest BCUT2D eigenvalue weighted by atomic mass is 10.1. The Labute approximate surface area is 151 Å². The van der Waals surface area contributed by atoms with Crippen LogP contribution in [0.5, 0.6) is 5.75 Å². The molecule has 0 bridgehead atoms. The third kappa shape index (κ3) is 3.42. The molecule has 1 atom stereocenters. The molecule has 7 nitrogen and oxygen atoms in total. The third-order valence-corrected chi connectivity index (χ3v) is 4.96. The zero-order chi connectivity index (χ0) is 18.1. The minimum atomic E-state index is -0.0829. The summed E-state index contributed by atoms with van der Waals surface area (Å²) >= 11 is 0. The molecular weight excluding hydrogens is 332 g/mol. The van der Waals surface area contributed by atoms with E-state index in [1.807, 2.05) is 24.3 Å². The highest BCUT2D eigenvalue weighted by Crippen LogP contribution is 2.29. The lowest BCUT2D eigenvalue weighted by Crippen LogP contribution is -2.39. The van der Waals surface area contributed by atoms with Crippen molar-refractivity contribution in [3.05, 3.63) is 36.0 Å². The zero-order valence-electron chi connectivity index (χ0n) is 14.7. The van der Waals surface area contributed by atoms with Crippen LogP contribution in [-0.2, 0) is 4.79 Å². The van der Waals surface area contributed by atoms with Crippen LogP contribution in [0.15, 0.2) is 30.3 Å². The number of methoxy groups -OCH3 is 1. The van der Waals surface area contributed by atoms with Gasteiger partial charge in [-0.2, -0.15) is 5.10 Å². The molecule has 1 saturated carbocycles. The molecule has 0 unspecified atom stereocenters. The molecule has 1 saturated heterocycles. The van der Waals surface area contributed by atoms with E-state index >= 15 is 0 Å². The van der Waals surface area contributed by atoms with Crippen molar-refractivity contribution < 1.29 is 14.3 Å². The molecular formula is C19H22N4O3. The van der Waals surface area contributed by atoms with Crippen LogP contribution in [0.3, 0.4) is 0 Å². The molecule has 136 valence electrons. The summed E-state index contributed by atoms with van der Waals surface area (Å²) in [5.74, 6) is 1.02. The van der Waals surface area contributed by atoms with Gasteiger partial charge in [0.05, 0.1) is 12.8 Å². The molecule has 2 heterocycles. The monoisotopic (exact) mass is 354 g/mol. The highest BCUT2D eigenvalue weighted by molar-refractivity contribution is 5.93. The van der Waals surface area contributed by atoms with E-state index in [0.717, 1.165) is 30.6 Å². The molecule has 26 heavy (non-hydrogen) atoms. The molecule has 1 aromatic carbocycles. The fourth-order valence-electron chi connectivity index (χ4n) is 3.24. The molecule has 1 aromatic heterocycles. The van der Waals surface area contributed by atoms with Crippen molar-refractivity contribution in [1.29, 1.82) is 0 Å². The number of aromatic amines is 1. The summed E-state index contributed by atoms with van der Waals surface area (Å²) in [5, 5.41) is 10.1. The van der Waals surface area contributed by atoms with E-state index in [1.54, 1.807) is 18.1 Å². The standard InChI is InChI=1S/C19H22N4O3/c1-26-15-6-4-12(5-7-15)16-10-17(22-21-16)19(25)23-9-8-14(11-23)20-18(24)13-2-3-13/h4-7,10,13-14H,2-3,8-9,11H2,1H3,(H,20,24)(H,21,22)/t14-/m1/s1. The van der Waals surface area contributed by atoms with Gasteiger partial charge in [0.15, 0.2) is 0 Å². The quantitative estimate of drug-likeness (QED) is 0.857. The maximum Gasteiger partial charge on any atom is 0.271 e. The van der Waals surface area contributed by atoms with Crippen LogP contribution in [0.4, 0.5) is 0 Å². The van der Waals surface area contributed by atoms with Crippen molar-refractivity contribution in [2.24, 2.45) is 5.92 Å². The van der Waals surface area contributed by atoms with Gasteiger partial charge in [-0.05, 0) is 49.6 Å². The Morgan fingerprint density at radius 1 is 1.23 bits per heavy atom. The van der Waals surface area contributed by atoms with Gasteiger partial charge in [0.1, 0.15) is 11.4 Å². The molecule has 2 fully saturated rings. The fraction of sp³-hybridized carbons (Fsp3) is 0.421. The van der Waals surface area contributed by atoms with Crippen molar-refractivity contribution in [2.45, 2.75) is 25.3 Å². The Hall–Kier alpha value is -2.83. The lowest BCUT2D eigenvalue weighted by Gasteiger charge is -2.16. The van der Waals surface area contributed by atoms with Crippen LogP contribution in [0, 0.1) is 5.92 Å². The normalized spacial score (nSPS) is 19.4. The Morgan fingerprint density at radius 2 is 2.00 bits per heavy atom. The summed E-state index contributed by atoms with van der Waals surface area (Å²) in [7, 11) is 1.62. The highest BCUT2D eigenvalue weighted by Gasteiger charge is 2.34. The van der Waals surface area contributed by atoms with Crippen LogP contribution in [0.2, 0.25) is 0 Å². The van der Waals surface area contributed by atoms with Gasteiger partial charge in [-0.25, -0.2) is 0 Å². The van der Waals surface area contributed by atoms with Crippen LogP contribution < -0.4 is 10.1 Å². The van der Waals surface area contributed by atoms with E-state index in [9.17, 15) is 9.59 Å². The number of nitrogens with zero attached hydrogens (tertiary/aromatic N) is 2. The Morgan fingerprint density at radius 3 is 2.69 bits per heavy atom. The molecule has 2 amide bonds. The summed E-state index contributed by atoms with van der Waals surface area (Å²) < 4.78 is 5.15. The number of carbonyl (C=O) groups excluding carboxylic acids is 2. The van der Waals surface area contributed by atoms with Gasteiger partial charge in [-0.15, -0.1) is 0 Å². The van der Waals surface area contributed by atoms with E-state index < -0.39 is 0 Å². The summed E-state index contributed by atoms with van der Waals surface area (Å²) in [6.07, 6.45) is 2.77. The summed E-state index contributed by atoms with van der Waals surface area (Å²) in [6.45, 7) is 1.19. The van der Waals surface area contributed by atoms with E-state index in [2.05, 4.69) is 15.5 Å². The van der Waals surface area contributed by atoms with Gasteiger partial charge in [-0.1, -0.05) is 0 Å². The van der Waals surface area contributed by atoms with Gasteiger partial charge in [0.25, 0.3) is 5.91 Å². The average Bonchev–Trinajstić information content (AvgIpc) is 3.23. The van der Waals surface area contributed by atoms with Crippen molar-refractivity contribution in [2.75, 3.05) is 20.2 Å². The number of amides is 2. The minimum Gasteiger partial charge on any atom is -0.497 e. The summed E-state index contributed by atoms with van der Waals surface area (Å²) in [6, 6.07) is 9.35. The highest BCUT2D eigenvalue weighted by atomic mass is 16.5. The molecule has 1 aliphatic carbocycles. The lowest BCUT2D eigenvalue weighted by molar-refractivity contribution is -0.122. The van der Waals surface area contributed by atoms with Crippen LogP contribution in [0.1, 0.15) is 29.8 Å². The first-order valence-corrected chi connectivity index (χ1v) is 8.93. The summed E-state index contributed by atoms with van der Waals surface area (Å²) in [5.41, 5.74) is 2.09. The zero-order valence-corrected chi connectivity index (χ0v) is 14.7. The van der Waals surface area contributed by atoms with E-state index in [1.165, 1.54) is 0 Å². The first-order valence-electron chi connectivity index (χ1n) is 8.93. The maximum atomic E-state index is 12.7. The number of nitrogens with one attached hydrogen (secondary N) is 2. The SMILES string of the molecule is COc1ccc(-c2cc(C(=O)N3CC[C@@H](NC(=O)C4CC4)C3)[nH]n2)cc1. The number of H-pyrrole nitrogens is 1. The van der Waals surface area contributed by atoms with E-state index in [4.69, 9.17) is 4.74 Å². The smallest absolute Gasteiger partial charge is 0.271 e. The predicted octanol–water partition coefficient (Wildman–Crippen LogP) is 1.83. The number of aromatic nitrogens is 2. The molecule has 4 rings (SSSR count). The van der Waals surface area contributed by atoms with Crippen LogP contribution in [-0.4, -0.2) is 53.2 Å². The number of hydrogen-bond acceptors (Lipinski definition) is 4. The molecule has 2 N–H and O–H groups in total. The van der Waals surface area contributed by atoms with Gasteiger partial charge in [0.2, 0.25) is 5.91 Å². The van der Waals surface area contributed by atoms with E-state index in [-0.39, 0.29) is 23.8 Å². The average molecular weight is 354 g/mol. The largest absolute Gasteiger partial charge is 0.497 e. The second-order valence-corrected chi connectivity index (χ2v) is 6.91.